The molecule has 0 radical (unpaired) electrons. The summed E-state index contributed by atoms with van der Waals surface area (Å²) in [5, 5.41) is 5.10. The van der Waals surface area contributed by atoms with Crippen molar-refractivity contribution in [2.45, 2.75) is 50.6 Å². The monoisotopic (exact) mass is 443 g/mol. The van der Waals surface area contributed by atoms with E-state index in [0.717, 1.165) is 10.5 Å². The van der Waals surface area contributed by atoms with E-state index in [4.69, 9.17) is 5.14 Å². The van der Waals surface area contributed by atoms with Gasteiger partial charge in [0.05, 0.1) is 17.0 Å². The molecule has 1 atom stereocenters. The van der Waals surface area contributed by atoms with Crippen LogP contribution in [0.1, 0.15) is 43.1 Å². The highest BCUT2D eigenvalue weighted by atomic mass is 32.2. The normalized spacial score (nSPS) is 17.2. The van der Waals surface area contributed by atoms with E-state index in [-0.39, 0.29) is 22.9 Å². The fourth-order valence-electron chi connectivity index (χ4n) is 3.62. The van der Waals surface area contributed by atoms with Crippen molar-refractivity contribution in [2.75, 3.05) is 4.90 Å². The molecule has 2 aromatic carbocycles. The molecule has 0 spiro atoms. The van der Waals surface area contributed by atoms with Crippen molar-refractivity contribution in [3.8, 4) is 0 Å². The predicted octanol–water partition coefficient (Wildman–Crippen LogP) is 2.22. The van der Waals surface area contributed by atoms with Gasteiger partial charge in [-0.25, -0.2) is 18.5 Å². The maximum absolute atomic E-state index is 13.3. The number of imide groups is 1. The van der Waals surface area contributed by atoms with Gasteiger partial charge in [-0.1, -0.05) is 17.7 Å². The zero-order chi connectivity index (χ0) is 23.1. The first-order valence-corrected chi connectivity index (χ1v) is 11.3. The lowest BCUT2D eigenvalue weighted by molar-refractivity contribution is -0.123. The second-order valence-electron chi connectivity index (χ2n) is 8.54. The Morgan fingerprint density at radius 3 is 2.06 bits per heavy atom. The van der Waals surface area contributed by atoms with Gasteiger partial charge in [0.15, 0.2) is 0 Å². The Bertz CT molecular complexity index is 1130. The number of benzene rings is 2. The molecule has 2 aromatic rings. The van der Waals surface area contributed by atoms with Gasteiger partial charge in [0.2, 0.25) is 15.9 Å². The number of nitrogens with two attached hydrogens (primary N) is 1. The first kappa shape index (κ1) is 22.6. The smallest absolute Gasteiger partial charge is 0.257 e. The van der Waals surface area contributed by atoms with E-state index in [1.807, 2.05) is 19.1 Å². The summed E-state index contributed by atoms with van der Waals surface area (Å²) in [6.45, 7) is 7.33. The lowest BCUT2D eigenvalue weighted by Gasteiger charge is -2.39. The molecule has 9 heteroatoms. The molecule has 1 heterocycles. The lowest BCUT2D eigenvalue weighted by atomic mass is 9.99. The summed E-state index contributed by atoms with van der Waals surface area (Å²) in [6, 6.07) is 11.2. The number of primary sulfonamides is 1. The SMILES string of the molecule is Cc1ccc(C(=O)N(C2CC(=O)N(c3ccc(S(N)(=O)=O)cc3)C2=O)C(C)(C)C)cc1. The number of sulfonamides is 1. The van der Waals surface area contributed by atoms with Gasteiger partial charge in [0.25, 0.3) is 11.8 Å². The van der Waals surface area contributed by atoms with Crippen molar-refractivity contribution in [3.05, 3.63) is 59.7 Å². The highest BCUT2D eigenvalue weighted by Crippen LogP contribution is 2.31. The van der Waals surface area contributed by atoms with E-state index in [0.29, 0.717) is 5.56 Å². The Balaban J connectivity index is 1.95. The lowest BCUT2D eigenvalue weighted by Crippen LogP contribution is -2.54. The summed E-state index contributed by atoms with van der Waals surface area (Å²) in [6.07, 6.45) is -0.162. The van der Waals surface area contributed by atoms with Gasteiger partial charge in [0, 0.05) is 11.1 Å². The molecule has 8 nitrogen and oxygen atoms in total. The van der Waals surface area contributed by atoms with Gasteiger partial charge in [-0.3, -0.25) is 14.4 Å². The van der Waals surface area contributed by atoms with Gasteiger partial charge in [0.1, 0.15) is 6.04 Å². The van der Waals surface area contributed by atoms with Crippen molar-refractivity contribution >= 4 is 33.4 Å². The van der Waals surface area contributed by atoms with Crippen LogP contribution in [0, 0.1) is 6.92 Å². The van der Waals surface area contributed by atoms with E-state index in [2.05, 4.69) is 0 Å². The van der Waals surface area contributed by atoms with Crippen LogP contribution in [0.25, 0.3) is 0 Å². The van der Waals surface area contributed by atoms with Gasteiger partial charge in [-0.2, -0.15) is 0 Å². The van der Waals surface area contributed by atoms with Gasteiger partial charge in [-0.15, -0.1) is 0 Å². The minimum atomic E-state index is -3.90. The molecule has 1 aliphatic rings. The molecular weight excluding hydrogens is 418 g/mol. The van der Waals surface area contributed by atoms with Gasteiger partial charge < -0.3 is 4.90 Å². The standard InChI is InChI=1S/C22H25N3O5S/c1-14-5-7-15(8-6-14)20(27)25(22(2,3)4)18-13-19(26)24(21(18)28)16-9-11-17(12-10-16)31(23,29)30/h5-12,18H,13H2,1-4H3,(H2,23,29,30). The average Bonchev–Trinajstić information content (AvgIpc) is 2.94. The number of hydrogen-bond acceptors (Lipinski definition) is 5. The van der Waals surface area contributed by atoms with E-state index >= 15 is 0 Å². The van der Waals surface area contributed by atoms with Crippen molar-refractivity contribution in [1.29, 1.82) is 0 Å². The fraction of sp³-hybridized carbons (Fsp3) is 0.318. The predicted molar refractivity (Wildman–Crippen MR) is 116 cm³/mol. The molecule has 3 amide bonds. The van der Waals surface area contributed by atoms with E-state index < -0.39 is 33.4 Å². The molecule has 2 N–H and O–H groups in total. The highest BCUT2D eigenvalue weighted by molar-refractivity contribution is 7.89. The quantitative estimate of drug-likeness (QED) is 0.727. The summed E-state index contributed by atoms with van der Waals surface area (Å²) >= 11 is 0. The second kappa shape index (κ2) is 7.90. The second-order valence-corrected chi connectivity index (χ2v) is 10.1. The molecule has 1 aliphatic heterocycles. The van der Waals surface area contributed by atoms with Gasteiger partial charge in [-0.05, 0) is 64.1 Å². The Morgan fingerprint density at radius 1 is 1.03 bits per heavy atom. The van der Waals surface area contributed by atoms with Crippen molar-refractivity contribution in [1.82, 2.24) is 4.90 Å². The number of amides is 3. The van der Waals surface area contributed by atoms with Crippen molar-refractivity contribution in [2.24, 2.45) is 5.14 Å². The summed E-state index contributed by atoms with van der Waals surface area (Å²) < 4.78 is 22.9. The topological polar surface area (TPSA) is 118 Å². The van der Waals surface area contributed by atoms with E-state index in [9.17, 15) is 22.8 Å². The zero-order valence-electron chi connectivity index (χ0n) is 17.8. The fourth-order valence-corrected chi connectivity index (χ4v) is 4.14. The van der Waals surface area contributed by atoms with Crippen molar-refractivity contribution < 1.29 is 22.8 Å². The Hall–Kier alpha value is -3.04. The maximum Gasteiger partial charge on any atom is 0.257 e. The van der Waals surface area contributed by atoms with Crippen molar-refractivity contribution in [3.63, 3.8) is 0 Å². The molecule has 0 saturated carbocycles. The zero-order valence-corrected chi connectivity index (χ0v) is 18.6. The number of anilines is 1. The third kappa shape index (κ3) is 4.52. The molecule has 0 bridgehead atoms. The number of carbonyl (C=O) groups excluding carboxylic acids is 3. The molecular formula is C22H25N3O5S. The molecule has 0 aromatic heterocycles. The first-order valence-electron chi connectivity index (χ1n) is 9.70. The first-order chi connectivity index (χ1) is 14.3. The molecule has 164 valence electrons. The minimum absolute atomic E-state index is 0.127. The molecule has 0 aliphatic carbocycles. The van der Waals surface area contributed by atoms with E-state index in [1.54, 1.807) is 32.9 Å². The Kier molecular flexibility index (Phi) is 5.77. The van der Waals surface area contributed by atoms with Crippen LogP contribution < -0.4 is 10.0 Å². The molecule has 1 unspecified atom stereocenters. The van der Waals surface area contributed by atoms with Crippen LogP contribution in [0.4, 0.5) is 5.69 Å². The molecule has 3 rings (SSSR count). The Labute approximate surface area is 181 Å². The number of hydrogen-bond donors (Lipinski definition) is 1. The molecule has 31 heavy (non-hydrogen) atoms. The van der Waals surface area contributed by atoms with Crippen LogP contribution in [-0.4, -0.2) is 42.6 Å². The van der Waals surface area contributed by atoms with Crippen LogP contribution in [0.5, 0.6) is 0 Å². The van der Waals surface area contributed by atoms with Crippen LogP contribution >= 0.6 is 0 Å². The Morgan fingerprint density at radius 2 is 1.58 bits per heavy atom. The summed E-state index contributed by atoms with van der Waals surface area (Å²) in [4.78, 5) is 41.6. The summed E-state index contributed by atoms with van der Waals surface area (Å²) in [5.41, 5.74) is 0.925. The van der Waals surface area contributed by atoms with Crippen LogP contribution in [0.3, 0.4) is 0 Å². The average molecular weight is 444 g/mol. The number of rotatable bonds is 4. The third-order valence-electron chi connectivity index (χ3n) is 5.10. The number of carbonyl (C=O) groups is 3. The van der Waals surface area contributed by atoms with Crippen LogP contribution in [0.2, 0.25) is 0 Å². The number of aryl methyl sites for hydroxylation is 1. The maximum atomic E-state index is 13.3. The highest BCUT2D eigenvalue weighted by Gasteiger charge is 2.47. The van der Waals surface area contributed by atoms with Gasteiger partial charge >= 0.3 is 0 Å². The summed E-state index contributed by atoms with van der Waals surface area (Å²) in [5.74, 6) is -1.35. The van der Waals surface area contributed by atoms with Crippen LogP contribution in [0.15, 0.2) is 53.4 Å². The molecule has 1 saturated heterocycles. The number of nitrogens with zero attached hydrogens (tertiary/aromatic N) is 2. The third-order valence-corrected chi connectivity index (χ3v) is 6.03. The minimum Gasteiger partial charge on any atom is -0.321 e. The molecule has 1 fully saturated rings. The largest absolute Gasteiger partial charge is 0.321 e. The van der Waals surface area contributed by atoms with E-state index in [1.165, 1.54) is 29.2 Å². The summed E-state index contributed by atoms with van der Waals surface area (Å²) in [7, 11) is -3.90. The van der Waals surface area contributed by atoms with Crippen LogP contribution in [-0.2, 0) is 19.6 Å².